The van der Waals surface area contributed by atoms with Gasteiger partial charge in [0.05, 0.1) is 23.4 Å². The maximum absolute atomic E-state index is 13.5. The fourth-order valence-electron chi connectivity index (χ4n) is 3.02. The second kappa shape index (κ2) is 7.27. The van der Waals surface area contributed by atoms with E-state index in [2.05, 4.69) is 4.98 Å². The summed E-state index contributed by atoms with van der Waals surface area (Å²) in [6.45, 7) is -0.661. The van der Waals surface area contributed by atoms with Crippen molar-refractivity contribution >= 4 is 0 Å². The maximum atomic E-state index is 13.5. The lowest BCUT2D eigenvalue weighted by Gasteiger charge is -2.20. The minimum Gasteiger partial charge on any atom is -0.392 e. The quantitative estimate of drug-likeness (QED) is 0.555. The van der Waals surface area contributed by atoms with E-state index in [9.17, 15) is 31.4 Å². The molecule has 0 aliphatic carbocycles. The number of aliphatic hydroxyl groups excluding tert-OH is 1. The van der Waals surface area contributed by atoms with Crippen LogP contribution in [0.2, 0.25) is 0 Å². The summed E-state index contributed by atoms with van der Waals surface area (Å²) in [6, 6.07) is 10.3. The van der Waals surface area contributed by atoms with Crippen LogP contribution in [0.3, 0.4) is 0 Å². The zero-order valence-corrected chi connectivity index (χ0v) is 14.1. The van der Waals surface area contributed by atoms with E-state index in [4.69, 9.17) is 0 Å². The van der Waals surface area contributed by atoms with Gasteiger partial charge in [0.2, 0.25) is 0 Å². The van der Waals surface area contributed by atoms with E-state index >= 15 is 0 Å². The van der Waals surface area contributed by atoms with Crippen molar-refractivity contribution < 1.29 is 31.4 Å². The first-order chi connectivity index (χ1) is 13.1. The topological polar surface area (TPSA) is 33.1 Å². The standard InChI is InChI=1S/C20H13F6NO/c21-19(22,23)15-7-3-1-5-13(15)17-12(11-28)9-10-27-18(17)14-6-2-4-8-16(14)20(24,25)26/h1-10,28H,11H2. The highest BCUT2D eigenvalue weighted by atomic mass is 19.4. The highest BCUT2D eigenvalue weighted by molar-refractivity contribution is 5.86. The number of hydrogen-bond acceptors (Lipinski definition) is 2. The van der Waals surface area contributed by atoms with Gasteiger partial charge >= 0.3 is 12.4 Å². The molecule has 1 aromatic heterocycles. The van der Waals surface area contributed by atoms with Crippen LogP contribution in [0, 0.1) is 0 Å². The van der Waals surface area contributed by atoms with Gasteiger partial charge in [-0.3, -0.25) is 4.98 Å². The molecule has 0 spiro atoms. The molecule has 0 aliphatic heterocycles. The van der Waals surface area contributed by atoms with Crippen molar-refractivity contribution in [2.24, 2.45) is 0 Å². The smallest absolute Gasteiger partial charge is 0.392 e. The van der Waals surface area contributed by atoms with E-state index in [0.717, 1.165) is 30.5 Å². The summed E-state index contributed by atoms with van der Waals surface area (Å²) in [6.07, 6.45) is -8.30. The van der Waals surface area contributed by atoms with Gasteiger partial charge in [-0.1, -0.05) is 36.4 Å². The molecule has 3 rings (SSSR count). The molecule has 2 aromatic carbocycles. The summed E-state index contributed by atoms with van der Waals surface area (Å²) in [5.74, 6) is 0. The number of nitrogens with zero attached hydrogens (tertiary/aromatic N) is 1. The molecular weight excluding hydrogens is 384 g/mol. The van der Waals surface area contributed by atoms with Gasteiger partial charge in [0.1, 0.15) is 0 Å². The number of halogens is 6. The number of hydrogen-bond donors (Lipinski definition) is 1. The second-order valence-electron chi connectivity index (χ2n) is 5.94. The molecule has 1 heterocycles. The van der Waals surface area contributed by atoms with Gasteiger partial charge in [-0.05, 0) is 29.3 Å². The molecule has 146 valence electrons. The third-order valence-corrected chi connectivity index (χ3v) is 4.20. The van der Waals surface area contributed by atoms with E-state index < -0.39 is 30.1 Å². The Kier molecular flexibility index (Phi) is 5.16. The van der Waals surface area contributed by atoms with E-state index in [-0.39, 0.29) is 27.9 Å². The van der Waals surface area contributed by atoms with Crippen molar-refractivity contribution in [2.45, 2.75) is 19.0 Å². The molecule has 0 unspecified atom stereocenters. The molecular formula is C20H13F6NO. The van der Waals surface area contributed by atoms with Crippen molar-refractivity contribution in [3.8, 4) is 22.4 Å². The average Bonchev–Trinajstić information content (AvgIpc) is 2.66. The van der Waals surface area contributed by atoms with Crippen LogP contribution in [0.15, 0.2) is 60.8 Å². The fourth-order valence-corrected chi connectivity index (χ4v) is 3.02. The zero-order chi connectivity index (χ0) is 20.5. The molecule has 0 bridgehead atoms. The molecule has 0 atom stereocenters. The minimum atomic E-state index is -4.74. The Bertz CT molecular complexity index is 994. The molecule has 28 heavy (non-hydrogen) atoms. The first-order valence-electron chi connectivity index (χ1n) is 8.06. The van der Waals surface area contributed by atoms with Crippen molar-refractivity contribution in [1.82, 2.24) is 4.98 Å². The predicted octanol–water partition coefficient (Wildman–Crippen LogP) is 5.95. The van der Waals surface area contributed by atoms with Crippen LogP contribution in [0.1, 0.15) is 16.7 Å². The van der Waals surface area contributed by atoms with Gasteiger partial charge in [0.25, 0.3) is 0 Å². The summed E-state index contributed by atoms with van der Waals surface area (Å²) in [7, 11) is 0. The minimum absolute atomic E-state index is 0.0404. The van der Waals surface area contributed by atoms with E-state index in [1.165, 1.54) is 30.3 Å². The number of aromatic nitrogens is 1. The molecule has 8 heteroatoms. The van der Waals surface area contributed by atoms with Crippen molar-refractivity contribution in [2.75, 3.05) is 0 Å². The fraction of sp³-hybridized carbons (Fsp3) is 0.150. The molecule has 0 amide bonds. The summed E-state index contributed by atoms with van der Waals surface area (Å²) in [5.41, 5.74) is -3.19. The van der Waals surface area contributed by atoms with E-state index in [1.54, 1.807) is 0 Å². The highest BCUT2D eigenvalue weighted by Crippen LogP contribution is 2.44. The van der Waals surface area contributed by atoms with Crippen LogP contribution in [0.5, 0.6) is 0 Å². The summed E-state index contributed by atoms with van der Waals surface area (Å²) < 4.78 is 80.9. The average molecular weight is 397 g/mol. The Morgan fingerprint density at radius 1 is 0.714 bits per heavy atom. The van der Waals surface area contributed by atoms with Crippen LogP contribution in [-0.2, 0) is 19.0 Å². The number of benzene rings is 2. The zero-order valence-electron chi connectivity index (χ0n) is 14.1. The first-order valence-corrected chi connectivity index (χ1v) is 8.06. The lowest BCUT2D eigenvalue weighted by atomic mass is 9.90. The van der Waals surface area contributed by atoms with Gasteiger partial charge in [0, 0.05) is 17.3 Å². The summed E-state index contributed by atoms with van der Waals surface area (Å²) in [5, 5.41) is 9.64. The maximum Gasteiger partial charge on any atom is 0.417 e. The SMILES string of the molecule is OCc1ccnc(-c2ccccc2C(F)(F)F)c1-c1ccccc1C(F)(F)F. The number of rotatable bonds is 3. The Morgan fingerprint density at radius 3 is 1.75 bits per heavy atom. The van der Waals surface area contributed by atoms with Crippen molar-refractivity contribution in [1.29, 1.82) is 0 Å². The molecule has 0 radical (unpaired) electrons. The molecule has 2 nitrogen and oxygen atoms in total. The number of aliphatic hydroxyl groups is 1. The van der Waals surface area contributed by atoms with Gasteiger partial charge in [-0.25, -0.2) is 0 Å². The van der Waals surface area contributed by atoms with Gasteiger partial charge < -0.3 is 5.11 Å². The normalized spacial score (nSPS) is 12.2. The highest BCUT2D eigenvalue weighted by Gasteiger charge is 2.37. The molecule has 0 saturated carbocycles. The second-order valence-corrected chi connectivity index (χ2v) is 5.94. The third kappa shape index (κ3) is 3.73. The van der Waals surface area contributed by atoms with E-state index in [1.807, 2.05) is 0 Å². The Balaban J connectivity index is 2.39. The van der Waals surface area contributed by atoms with Crippen molar-refractivity contribution in [3.63, 3.8) is 0 Å². The van der Waals surface area contributed by atoms with Crippen molar-refractivity contribution in [3.05, 3.63) is 77.5 Å². The largest absolute Gasteiger partial charge is 0.417 e. The molecule has 1 N–H and O–H groups in total. The number of alkyl halides is 6. The molecule has 0 fully saturated rings. The summed E-state index contributed by atoms with van der Waals surface area (Å²) in [4.78, 5) is 3.95. The third-order valence-electron chi connectivity index (χ3n) is 4.20. The Labute approximate surface area is 156 Å². The predicted molar refractivity (Wildman–Crippen MR) is 91.0 cm³/mol. The van der Waals surface area contributed by atoms with Crippen LogP contribution in [0.4, 0.5) is 26.3 Å². The van der Waals surface area contributed by atoms with Crippen LogP contribution < -0.4 is 0 Å². The summed E-state index contributed by atoms with van der Waals surface area (Å²) >= 11 is 0. The van der Waals surface area contributed by atoms with Crippen LogP contribution in [-0.4, -0.2) is 10.1 Å². The molecule has 0 aliphatic rings. The molecule has 0 saturated heterocycles. The Morgan fingerprint density at radius 2 is 1.21 bits per heavy atom. The molecule has 3 aromatic rings. The lowest BCUT2D eigenvalue weighted by Crippen LogP contribution is -2.10. The number of pyridine rings is 1. The van der Waals surface area contributed by atoms with Gasteiger partial charge in [-0.15, -0.1) is 0 Å². The monoisotopic (exact) mass is 397 g/mol. The lowest BCUT2D eigenvalue weighted by molar-refractivity contribution is -0.138. The van der Waals surface area contributed by atoms with Crippen LogP contribution >= 0.6 is 0 Å². The Hall–Kier alpha value is -2.87. The van der Waals surface area contributed by atoms with Crippen LogP contribution in [0.25, 0.3) is 22.4 Å². The van der Waals surface area contributed by atoms with Gasteiger partial charge in [-0.2, -0.15) is 26.3 Å². The van der Waals surface area contributed by atoms with Gasteiger partial charge in [0.15, 0.2) is 0 Å². The first kappa shape index (κ1) is 19.9. The van der Waals surface area contributed by atoms with E-state index in [0.29, 0.717) is 0 Å².